The van der Waals surface area contributed by atoms with E-state index < -0.39 is 0 Å². The summed E-state index contributed by atoms with van der Waals surface area (Å²) in [5, 5.41) is 2.10. The molecule has 0 saturated carbocycles. The maximum absolute atomic E-state index is 5.37. The Kier molecular flexibility index (Phi) is 3.40. The zero-order chi connectivity index (χ0) is 14.8. The highest BCUT2D eigenvalue weighted by atomic mass is 32.1. The van der Waals surface area contributed by atoms with Crippen LogP contribution in [-0.2, 0) is 6.54 Å². The fraction of sp³-hybridized carbons (Fsp3) is 0.118. The molecule has 110 valence electrons. The Morgan fingerprint density at radius 3 is 2.91 bits per heavy atom. The lowest BCUT2D eigenvalue weighted by Crippen LogP contribution is -1.93. The van der Waals surface area contributed by atoms with Crippen molar-refractivity contribution in [3.63, 3.8) is 0 Å². The number of benzene rings is 1. The molecule has 0 N–H and O–H groups in total. The predicted octanol–water partition coefficient (Wildman–Crippen LogP) is 3.89. The number of hydrogen-bond donors (Lipinski definition) is 0. The van der Waals surface area contributed by atoms with Crippen LogP contribution in [0.25, 0.3) is 5.69 Å². The molecule has 1 aromatic carbocycles. The van der Waals surface area contributed by atoms with Crippen molar-refractivity contribution in [2.75, 3.05) is 6.79 Å². The van der Waals surface area contributed by atoms with Crippen molar-refractivity contribution < 1.29 is 9.47 Å². The van der Waals surface area contributed by atoms with Gasteiger partial charge in [0.15, 0.2) is 11.5 Å². The van der Waals surface area contributed by atoms with Crippen LogP contribution < -0.4 is 9.47 Å². The van der Waals surface area contributed by atoms with Crippen molar-refractivity contribution in [3.8, 4) is 17.2 Å². The molecule has 1 aliphatic rings. The molecule has 0 atom stereocenters. The maximum atomic E-state index is 5.37. The smallest absolute Gasteiger partial charge is 0.231 e. The SMILES string of the molecule is C(=NCc1sccc1-n1cccc1)c1ccc2c(c1)OCO2. The van der Waals surface area contributed by atoms with Gasteiger partial charge in [0, 0.05) is 23.5 Å². The summed E-state index contributed by atoms with van der Waals surface area (Å²) in [5.74, 6) is 1.58. The van der Waals surface area contributed by atoms with E-state index in [1.165, 1.54) is 10.6 Å². The minimum Gasteiger partial charge on any atom is -0.454 e. The molecule has 0 amide bonds. The van der Waals surface area contributed by atoms with E-state index in [0.717, 1.165) is 17.1 Å². The van der Waals surface area contributed by atoms with Crippen molar-refractivity contribution in [2.45, 2.75) is 6.54 Å². The maximum Gasteiger partial charge on any atom is 0.231 e. The summed E-state index contributed by atoms with van der Waals surface area (Å²) in [7, 11) is 0. The average Bonchev–Trinajstić information content (AvgIpc) is 3.27. The Morgan fingerprint density at radius 1 is 1.14 bits per heavy atom. The lowest BCUT2D eigenvalue weighted by molar-refractivity contribution is 0.174. The van der Waals surface area contributed by atoms with Gasteiger partial charge in [0.25, 0.3) is 0 Å². The number of ether oxygens (including phenoxy) is 2. The van der Waals surface area contributed by atoms with Crippen LogP contribution in [0.1, 0.15) is 10.4 Å². The number of rotatable bonds is 4. The first-order valence-electron chi connectivity index (χ1n) is 6.99. The molecule has 0 saturated heterocycles. The van der Waals surface area contributed by atoms with Gasteiger partial charge in [-0.1, -0.05) is 0 Å². The minimum atomic E-state index is 0.297. The molecule has 0 bridgehead atoms. The molecular formula is C17H14N2O2S. The second-order valence-corrected chi connectivity index (χ2v) is 5.90. The Bertz CT molecular complexity index is 806. The lowest BCUT2D eigenvalue weighted by Gasteiger charge is -2.02. The van der Waals surface area contributed by atoms with Crippen molar-refractivity contribution >= 4 is 17.6 Å². The van der Waals surface area contributed by atoms with Gasteiger partial charge in [-0.05, 0) is 47.3 Å². The molecule has 0 radical (unpaired) electrons. The van der Waals surface area contributed by atoms with Crippen LogP contribution in [-0.4, -0.2) is 17.6 Å². The fourth-order valence-corrected chi connectivity index (χ4v) is 3.21. The fourth-order valence-electron chi connectivity index (χ4n) is 2.40. The summed E-state index contributed by atoms with van der Waals surface area (Å²) in [6, 6.07) is 12.0. The molecule has 3 aromatic rings. The molecule has 0 fully saturated rings. The number of thiophene rings is 1. The van der Waals surface area contributed by atoms with Crippen LogP contribution in [0, 0.1) is 0 Å². The standard InChI is InChI=1S/C17H14N2O2S/c1-2-7-19(6-1)14-5-8-22-17(14)11-18-10-13-3-4-15-16(9-13)21-12-20-15/h1-10H,11-12H2. The summed E-state index contributed by atoms with van der Waals surface area (Å²) < 4.78 is 12.8. The zero-order valence-electron chi connectivity index (χ0n) is 11.8. The normalized spacial score (nSPS) is 13.1. The number of nitrogens with zero attached hydrogens (tertiary/aromatic N) is 2. The van der Waals surface area contributed by atoms with E-state index >= 15 is 0 Å². The van der Waals surface area contributed by atoms with E-state index in [2.05, 4.69) is 21.0 Å². The highest BCUT2D eigenvalue weighted by molar-refractivity contribution is 7.10. The monoisotopic (exact) mass is 310 g/mol. The second kappa shape index (κ2) is 5.69. The minimum absolute atomic E-state index is 0.297. The van der Waals surface area contributed by atoms with Gasteiger partial charge in [0.2, 0.25) is 6.79 Å². The Morgan fingerprint density at radius 2 is 2.00 bits per heavy atom. The highest BCUT2D eigenvalue weighted by Crippen LogP contribution is 2.32. The summed E-state index contributed by atoms with van der Waals surface area (Å²) in [5.41, 5.74) is 2.21. The van der Waals surface area contributed by atoms with Crippen LogP contribution in [0.5, 0.6) is 11.5 Å². The molecule has 5 heteroatoms. The van der Waals surface area contributed by atoms with Crippen LogP contribution in [0.15, 0.2) is 59.2 Å². The molecule has 1 aliphatic heterocycles. The van der Waals surface area contributed by atoms with Gasteiger partial charge < -0.3 is 14.0 Å². The number of hydrogen-bond acceptors (Lipinski definition) is 4. The van der Waals surface area contributed by atoms with Gasteiger partial charge in [-0.25, -0.2) is 0 Å². The van der Waals surface area contributed by atoms with Gasteiger partial charge in [-0.2, -0.15) is 0 Å². The van der Waals surface area contributed by atoms with Gasteiger partial charge in [0.05, 0.1) is 12.2 Å². The first kappa shape index (κ1) is 13.2. The van der Waals surface area contributed by atoms with E-state index in [0.29, 0.717) is 13.3 Å². The van der Waals surface area contributed by atoms with E-state index in [1.807, 2.05) is 48.9 Å². The van der Waals surface area contributed by atoms with Crippen molar-refractivity contribution in [3.05, 3.63) is 64.6 Å². The highest BCUT2D eigenvalue weighted by Gasteiger charge is 2.12. The summed E-state index contributed by atoms with van der Waals surface area (Å²) in [4.78, 5) is 5.80. The molecule has 4 nitrogen and oxygen atoms in total. The third-order valence-corrected chi connectivity index (χ3v) is 4.37. The van der Waals surface area contributed by atoms with Gasteiger partial charge in [0.1, 0.15) is 0 Å². The van der Waals surface area contributed by atoms with Crippen LogP contribution in [0.3, 0.4) is 0 Å². The first-order chi connectivity index (χ1) is 10.9. The van der Waals surface area contributed by atoms with Crippen molar-refractivity contribution in [1.82, 2.24) is 4.57 Å². The van der Waals surface area contributed by atoms with Crippen LogP contribution in [0.2, 0.25) is 0 Å². The third-order valence-electron chi connectivity index (χ3n) is 3.48. The summed E-state index contributed by atoms with van der Waals surface area (Å²) in [6.07, 6.45) is 5.97. The number of aliphatic imine (C=N–C) groups is 1. The third kappa shape index (κ3) is 2.51. The number of fused-ring (bicyclic) bond motifs is 1. The molecule has 0 aliphatic carbocycles. The van der Waals surface area contributed by atoms with E-state index in [1.54, 1.807) is 11.3 Å². The van der Waals surface area contributed by atoms with E-state index in [4.69, 9.17) is 9.47 Å². The Balaban J connectivity index is 1.50. The summed E-state index contributed by atoms with van der Waals surface area (Å²) >= 11 is 1.72. The predicted molar refractivity (Wildman–Crippen MR) is 87.5 cm³/mol. The molecule has 3 heterocycles. The van der Waals surface area contributed by atoms with Gasteiger partial charge in [-0.15, -0.1) is 11.3 Å². The lowest BCUT2D eigenvalue weighted by atomic mass is 10.2. The van der Waals surface area contributed by atoms with Crippen LogP contribution in [0.4, 0.5) is 0 Å². The summed E-state index contributed by atoms with van der Waals surface area (Å²) in [6.45, 7) is 0.963. The first-order valence-corrected chi connectivity index (χ1v) is 7.87. The molecule has 0 unspecified atom stereocenters. The second-order valence-electron chi connectivity index (χ2n) is 4.90. The van der Waals surface area contributed by atoms with Gasteiger partial charge in [-0.3, -0.25) is 4.99 Å². The molecule has 2 aromatic heterocycles. The van der Waals surface area contributed by atoms with E-state index in [-0.39, 0.29) is 0 Å². The number of aromatic nitrogens is 1. The zero-order valence-corrected chi connectivity index (χ0v) is 12.6. The van der Waals surface area contributed by atoms with Gasteiger partial charge >= 0.3 is 0 Å². The van der Waals surface area contributed by atoms with Crippen molar-refractivity contribution in [2.24, 2.45) is 4.99 Å². The van der Waals surface area contributed by atoms with Crippen molar-refractivity contribution in [1.29, 1.82) is 0 Å². The Labute approximate surface area is 132 Å². The van der Waals surface area contributed by atoms with Crippen LogP contribution >= 0.6 is 11.3 Å². The molecular weight excluding hydrogens is 296 g/mol. The largest absolute Gasteiger partial charge is 0.454 e. The molecule has 4 rings (SSSR count). The van der Waals surface area contributed by atoms with E-state index in [9.17, 15) is 0 Å². The average molecular weight is 310 g/mol. The topological polar surface area (TPSA) is 35.8 Å². The Hall–Kier alpha value is -2.53. The molecule has 22 heavy (non-hydrogen) atoms. The molecule has 0 spiro atoms. The quantitative estimate of drug-likeness (QED) is 0.685.